The average Bonchev–Trinajstić information content (AvgIpc) is 2.49. The molecule has 2 unspecified atom stereocenters. The summed E-state index contributed by atoms with van der Waals surface area (Å²) in [6, 6.07) is 0.244. The van der Waals surface area contributed by atoms with Crippen LogP contribution in [0.15, 0.2) is 23.8 Å². The molecule has 2 N–H and O–H groups in total. The maximum atomic E-state index is 10.00. The molecule has 1 rings (SSSR count). The molecule has 0 aliphatic rings. The number of nitrogens with zero attached hydrogens (tertiary/aromatic N) is 1. The molecule has 142 valence electrons. The van der Waals surface area contributed by atoms with Crippen LogP contribution in [0, 0.1) is 32.1 Å². The highest BCUT2D eigenvalue weighted by Gasteiger charge is 2.17. The molecule has 0 bridgehead atoms. The number of aromatic nitrogens is 1. The van der Waals surface area contributed by atoms with Crippen molar-refractivity contribution >= 4 is 5.82 Å². The summed E-state index contributed by atoms with van der Waals surface area (Å²) in [6.07, 6.45) is 6.67. The number of aromatic hydroxyl groups is 1. The summed E-state index contributed by atoms with van der Waals surface area (Å²) < 4.78 is 0. The third-order valence-electron chi connectivity index (χ3n) is 4.80. The van der Waals surface area contributed by atoms with Gasteiger partial charge in [-0.2, -0.15) is 0 Å². The number of rotatable bonds is 5. The van der Waals surface area contributed by atoms with E-state index < -0.39 is 0 Å². The summed E-state index contributed by atoms with van der Waals surface area (Å²) in [5, 5.41) is 13.5. The highest BCUT2D eigenvalue weighted by molar-refractivity contribution is 5.54. The van der Waals surface area contributed by atoms with Crippen LogP contribution in [0.4, 0.5) is 5.82 Å². The van der Waals surface area contributed by atoms with Gasteiger partial charge in [-0.3, -0.25) is 0 Å². The van der Waals surface area contributed by atoms with Crippen molar-refractivity contribution in [1.82, 2.24) is 4.98 Å². The van der Waals surface area contributed by atoms with Gasteiger partial charge in [0.15, 0.2) is 0 Å². The third-order valence-corrected chi connectivity index (χ3v) is 4.80. The molecule has 0 fully saturated rings. The molecule has 0 aliphatic carbocycles. The van der Waals surface area contributed by atoms with Crippen molar-refractivity contribution in [2.24, 2.45) is 11.3 Å². The molecule has 0 spiro atoms. The first-order valence-corrected chi connectivity index (χ1v) is 8.77. The van der Waals surface area contributed by atoms with E-state index in [1.54, 1.807) is 0 Å². The average molecular weight is 347 g/mol. The van der Waals surface area contributed by atoms with Crippen LogP contribution in [0.2, 0.25) is 0 Å². The lowest BCUT2D eigenvalue weighted by Crippen LogP contribution is -2.24. The van der Waals surface area contributed by atoms with Gasteiger partial charge in [-0.05, 0) is 62.7 Å². The minimum atomic E-state index is 0. The molecule has 3 heteroatoms. The molecule has 2 atom stereocenters. The number of pyridine rings is 1. The van der Waals surface area contributed by atoms with Crippen LogP contribution in [-0.4, -0.2) is 16.1 Å². The minimum absolute atomic E-state index is 0. The topological polar surface area (TPSA) is 45.2 Å². The van der Waals surface area contributed by atoms with Gasteiger partial charge in [0.05, 0.1) is 5.69 Å². The van der Waals surface area contributed by atoms with E-state index in [1.165, 1.54) is 5.57 Å². The standard InChI is InChI=1S/C21H34N2O.CH4/c1-10-18(21(7,8)9)12-11-13(2)16(5)22-20-15(4)14(3)19(24)17(6)23-20;/h10-13,16,24H,1-9H3,(H,22,23);1H4/b12-11-,18-10+;. The molecule has 0 saturated carbocycles. The van der Waals surface area contributed by atoms with E-state index in [9.17, 15) is 5.11 Å². The molecule has 1 heterocycles. The lowest BCUT2D eigenvalue weighted by atomic mass is 9.85. The third kappa shape index (κ3) is 5.91. The molecule has 0 aliphatic heterocycles. The molecule has 0 saturated heterocycles. The summed E-state index contributed by atoms with van der Waals surface area (Å²) in [4.78, 5) is 4.51. The Bertz CT molecular complexity index is 636. The van der Waals surface area contributed by atoms with Crippen molar-refractivity contribution in [2.45, 2.75) is 75.8 Å². The molecule has 0 aromatic carbocycles. The van der Waals surface area contributed by atoms with E-state index in [4.69, 9.17) is 0 Å². The highest BCUT2D eigenvalue weighted by Crippen LogP contribution is 2.29. The van der Waals surface area contributed by atoms with Crippen molar-refractivity contribution in [3.63, 3.8) is 0 Å². The van der Waals surface area contributed by atoms with Crippen molar-refractivity contribution in [3.8, 4) is 5.75 Å². The molecular formula is C22H38N2O. The Morgan fingerprint density at radius 1 is 1.12 bits per heavy atom. The van der Waals surface area contributed by atoms with Gasteiger partial charge in [-0.15, -0.1) is 0 Å². The van der Waals surface area contributed by atoms with Crippen LogP contribution in [0.3, 0.4) is 0 Å². The highest BCUT2D eigenvalue weighted by atomic mass is 16.3. The second-order valence-corrected chi connectivity index (χ2v) is 7.79. The normalized spacial score (nSPS) is 15.0. The Labute approximate surface area is 155 Å². The summed E-state index contributed by atoms with van der Waals surface area (Å²) in [7, 11) is 0. The van der Waals surface area contributed by atoms with E-state index in [0.29, 0.717) is 17.4 Å². The number of anilines is 1. The Kier molecular flexibility index (Phi) is 8.43. The lowest BCUT2D eigenvalue weighted by Gasteiger charge is -2.23. The van der Waals surface area contributed by atoms with Gasteiger partial charge in [-0.1, -0.05) is 53.3 Å². The first kappa shape index (κ1) is 23.2. The second-order valence-electron chi connectivity index (χ2n) is 7.79. The largest absolute Gasteiger partial charge is 0.506 e. The Morgan fingerprint density at radius 2 is 1.68 bits per heavy atom. The zero-order valence-electron chi connectivity index (χ0n) is 16.8. The van der Waals surface area contributed by atoms with Crippen molar-refractivity contribution in [1.29, 1.82) is 0 Å². The zero-order valence-corrected chi connectivity index (χ0v) is 16.8. The predicted molar refractivity (Wildman–Crippen MR) is 111 cm³/mol. The predicted octanol–water partition coefficient (Wildman–Crippen LogP) is 6.33. The minimum Gasteiger partial charge on any atom is -0.506 e. The van der Waals surface area contributed by atoms with Gasteiger partial charge < -0.3 is 10.4 Å². The lowest BCUT2D eigenvalue weighted by molar-refractivity contribution is 0.462. The molecule has 25 heavy (non-hydrogen) atoms. The molecule has 0 amide bonds. The number of aryl methyl sites for hydroxylation is 1. The fourth-order valence-electron chi connectivity index (χ4n) is 2.62. The smallest absolute Gasteiger partial charge is 0.140 e. The van der Waals surface area contributed by atoms with E-state index in [1.807, 2.05) is 20.8 Å². The maximum Gasteiger partial charge on any atom is 0.140 e. The van der Waals surface area contributed by atoms with Crippen LogP contribution >= 0.6 is 0 Å². The SMILES string of the molecule is C.C/C=C(\C=C/C(C)C(C)Nc1nc(C)c(O)c(C)c1C)C(C)(C)C. The Hall–Kier alpha value is -1.77. The zero-order chi connectivity index (χ0) is 18.7. The Morgan fingerprint density at radius 3 is 2.16 bits per heavy atom. The monoisotopic (exact) mass is 346 g/mol. The quantitative estimate of drug-likeness (QED) is 0.612. The summed E-state index contributed by atoms with van der Waals surface area (Å²) in [5.74, 6) is 1.51. The molecular weight excluding hydrogens is 308 g/mol. The number of nitrogens with one attached hydrogen (secondary N) is 1. The van der Waals surface area contributed by atoms with E-state index in [0.717, 1.165) is 16.9 Å². The van der Waals surface area contributed by atoms with Crippen LogP contribution in [-0.2, 0) is 0 Å². The first-order chi connectivity index (χ1) is 11.0. The van der Waals surface area contributed by atoms with E-state index in [2.05, 4.69) is 70.1 Å². The van der Waals surface area contributed by atoms with Gasteiger partial charge >= 0.3 is 0 Å². The summed E-state index contributed by atoms with van der Waals surface area (Å²) in [6.45, 7) is 18.9. The second kappa shape index (κ2) is 9.07. The fourth-order valence-corrected chi connectivity index (χ4v) is 2.62. The number of allylic oxidation sites excluding steroid dienone is 3. The van der Waals surface area contributed by atoms with Crippen molar-refractivity contribution in [2.75, 3.05) is 5.32 Å². The van der Waals surface area contributed by atoms with Gasteiger partial charge in [0, 0.05) is 6.04 Å². The van der Waals surface area contributed by atoms with Gasteiger partial charge in [0.1, 0.15) is 11.6 Å². The van der Waals surface area contributed by atoms with Gasteiger partial charge in [-0.25, -0.2) is 4.98 Å². The first-order valence-electron chi connectivity index (χ1n) is 8.77. The maximum absolute atomic E-state index is 10.00. The fraction of sp³-hybridized carbons (Fsp3) is 0.591. The van der Waals surface area contributed by atoms with Crippen LogP contribution in [0.1, 0.15) is 65.8 Å². The number of hydrogen-bond donors (Lipinski definition) is 2. The van der Waals surface area contributed by atoms with E-state index in [-0.39, 0.29) is 18.9 Å². The van der Waals surface area contributed by atoms with E-state index >= 15 is 0 Å². The van der Waals surface area contributed by atoms with Gasteiger partial charge in [0.2, 0.25) is 0 Å². The molecule has 3 nitrogen and oxygen atoms in total. The van der Waals surface area contributed by atoms with Crippen molar-refractivity contribution < 1.29 is 5.11 Å². The van der Waals surface area contributed by atoms with Gasteiger partial charge in [0.25, 0.3) is 0 Å². The van der Waals surface area contributed by atoms with Crippen molar-refractivity contribution in [3.05, 3.63) is 40.6 Å². The van der Waals surface area contributed by atoms with Crippen LogP contribution < -0.4 is 5.32 Å². The summed E-state index contributed by atoms with van der Waals surface area (Å²) >= 11 is 0. The molecule has 0 radical (unpaired) electrons. The van der Waals surface area contributed by atoms with Crippen LogP contribution in [0.5, 0.6) is 5.75 Å². The Balaban J connectivity index is 0.00000576. The summed E-state index contributed by atoms with van der Waals surface area (Å²) in [5.41, 5.74) is 4.06. The van der Waals surface area contributed by atoms with Crippen LogP contribution in [0.25, 0.3) is 0 Å². The molecule has 1 aromatic rings. The number of hydrogen-bond acceptors (Lipinski definition) is 3. The molecule has 1 aromatic heterocycles.